The van der Waals surface area contributed by atoms with Gasteiger partial charge in [-0.05, 0) is 24.1 Å². The quantitative estimate of drug-likeness (QED) is 0.616. The lowest BCUT2D eigenvalue weighted by Gasteiger charge is -2.06. The number of sulfonamides is 1. The van der Waals surface area contributed by atoms with Crippen LogP contribution in [-0.4, -0.2) is 31.8 Å². The SMILES string of the molecule is O=C(O)CCC(=O)c1ccc(CCNS(=O)(=O)Cc2ccccc2)s1. The van der Waals surface area contributed by atoms with Gasteiger partial charge in [-0.2, -0.15) is 0 Å². The highest BCUT2D eigenvalue weighted by molar-refractivity contribution is 7.88. The van der Waals surface area contributed by atoms with E-state index in [0.717, 1.165) is 10.4 Å². The van der Waals surface area contributed by atoms with Crippen LogP contribution in [0.4, 0.5) is 0 Å². The Balaban J connectivity index is 1.81. The smallest absolute Gasteiger partial charge is 0.303 e. The minimum atomic E-state index is -3.41. The van der Waals surface area contributed by atoms with Crippen LogP contribution < -0.4 is 4.72 Å². The molecular weight excluding hydrogens is 362 g/mol. The first-order valence-electron chi connectivity index (χ1n) is 7.71. The van der Waals surface area contributed by atoms with E-state index >= 15 is 0 Å². The largest absolute Gasteiger partial charge is 0.481 e. The van der Waals surface area contributed by atoms with Crippen LogP contribution >= 0.6 is 11.3 Å². The van der Waals surface area contributed by atoms with Crippen molar-refractivity contribution in [2.75, 3.05) is 6.54 Å². The molecule has 0 saturated heterocycles. The van der Waals surface area contributed by atoms with E-state index in [1.807, 2.05) is 6.07 Å². The summed E-state index contributed by atoms with van der Waals surface area (Å²) >= 11 is 1.27. The zero-order valence-electron chi connectivity index (χ0n) is 13.5. The van der Waals surface area contributed by atoms with Gasteiger partial charge in [-0.15, -0.1) is 11.3 Å². The Bertz CT molecular complexity index is 828. The Morgan fingerprint density at radius 2 is 1.76 bits per heavy atom. The first-order valence-corrected chi connectivity index (χ1v) is 10.2. The molecule has 0 saturated carbocycles. The summed E-state index contributed by atoms with van der Waals surface area (Å²) in [6, 6.07) is 12.3. The van der Waals surface area contributed by atoms with Gasteiger partial charge >= 0.3 is 5.97 Å². The second-order valence-electron chi connectivity index (χ2n) is 5.47. The highest BCUT2D eigenvalue weighted by Crippen LogP contribution is 2.19. The number of thiophene rings is 1. The summed E-state index contributed by atoms with van der Waals surface area (Å²) in [6.45, 7) is 0.248. The van der Waals surface area contributed by atoms with Crippen molar-refractivity contribution in [2.45, 2.75) is 25.0 Å². The van der Waals surface area contributed by atoms with E-state index in [-0.39, 0.29) is 30.9 Å². The number of hydrogen-bond acceptors (Lipinski definition) is 5. The molecule has 0 amide bonds. The molecular formula is C17H19NO5S2. The molecule has 25 heavy (non-hydrogen) atoms. The number of carbonyl (C=O) groups is 2. The third-order valence-electron chi connectivity index (χ3n) is 3.40. The predicted molar refractivity (Wildman–Crippen MR) is 96.3 cm³/mol. The van der Waals surface area contributed by atoms with Crippen LogP contribution in [0.1, 0.15) is 33.0 Å². The molecule has 0 spiro atoms. The highest BCUT2D eigenvalue weighted by Gasteiger charge is 2.13. The van der Waals surface area contributed by atoms with Crippen LogP contribution in [0.25, 0.3) is 0 Å². The molecule has 0 aliphatic heterocycles. The monoisotopic (exact) mass is 381 g/mol. The molecule has 2 N–H and O–H groups in total. The maximum Gasteiger partial charge on any atom is 0.303 e. The molecule has 0 aliphatic rings. The summed E-state index contributed by atoms with van der Waals surface area (Å²) < 4.78 is 26.6. The lowest BCUT2D eigenvalue weighted by Crippen LogP contribution is -2.27. The number of aliphatic carboxylic acids is 1. The number of ketones is 1. The van der Waals surface area contributed by atoms with Crippen LogP contribution in [0.3, 0.4) is 0 Å². The number of carbonyl (C=O) groups excluding carboxylic acids is 1. The van der Waals surface area contributed by atoms with E-state index in [1.54, 1.807) is 36.4 Å². The molecule has 2 aromatic rings. The number of rotatable bonds is 10. The topological polar surface area (TPSA) is 101 Å². The fraction of sp³-hybridized carbons (Fsp3) is 0.294. The number of carboxylic acids is 1. The minimum absolute atomic E-state index is 0.0288. The van der Waals surface area contributed by atoms with E-state index in [4.69, 9.17) is 5.11 Å². The fourth-order valence-corrected chi connectivity index (χ4v) is 4.30. The summed E-state index contributed by atoms with van der Waals surface area (Å²) in [6.07, 6.45) is 0.259. The average molecular weight is 381 g/mol. The number of benzene rings is 1. The number of carboxylic acid groups (broad SMARTS) is 1. The standard InChI is InChI=1S/C17H19NO5S2/c19-15(7-9-17(20)21)16-8-6-14(24-16)10-11-18-25(22,23)12-13-4-2-1-3-5-13/h1-6,8,18H,7,9-12H2,(H,20,21). The number of nitrogens with one attached hydrogen (secondary N) is 1. The van der Waals surface area contributed by atoms with Crippen molar-refractivity contribution in [3.8, 4) is 0 Å². The molecule has 2 rings (SSSR count). The molecule has 134 valence electrons. The third kappa shape index (κ3) is 6.77. The van der Waals surface area contributed by atoms with Crippen molar-refractivity contribution in [2.24, 2.45) is 0 Å². The Morgan fingerprint density at radius 3 is 2.44 bits per heavy atom. The van der Waals surface area contributed by atoms with Crippen LogP contribution in [0.5, 0.6) is 0 Å². The van der Waals surface area contributed by atoms with E-state index in [2.05, 4.69) is 4.72 Å². The van der Waals surface area contributed by atoms with Gasteiger partial charge in [0.05, 0.1) is 17.1 Å². The van der Waals surface area contributed by atoms with Gasteiger partial charge < -0.3 is 5.11 Å². The summed E-state index contributed by atoms with van der Waals surface area (Å²) in [4.78, 5) is 23.7. The molecule has 6 nitrogen and oxygen atoms in total. The maximum atomic E-state index is 12.0. The second-order valence-corrected chi connectivity index (χ2v) is 8.45. The van der Waals surface area contributed by atoms with Crippen molar-refractivity contribution < 1.29 is 23.1 Å². The molecule has 0 atom stereocenters. The molecule has 1 aromatic carbocycles. The van der Waals surface area contributed by atoms with E-state index < -0.39 is 16.0 Å². The normalized spacial score (nSPS) is 11.4. The third-order valence-corrected chi connectivity index (χ3v) is 5.94. The van der Waals surface area contributed by atoms with Gasteiger partial charge in [0, 0.05) is 17.8 Å². The first kappa shape index (κ1) is 19.3. The zero-order valence-corrected chi connectivity index (χ0v) is 15.1. The summed E-state index contributed by atoms with van der Waals surface area (Å²) in [5.74, 6) is -1.28. The molecule has 1 heterocycles. The lowest BCUT2D eigenvalue weighted by molar-refractivity contribution is -0.136. The Morgan fingerprint density at radius 1 is 1.04 bits per heavy atom. The average Bonchev–Trinajstić information content (AvgIpc) is 3.02. The minimum Gasteiger partial charge on any atom is -0.481 e. The lowest BCUT2D eigenvalue weighted by atomic mass is 10.2. The maximum absolute atomic E-state index is 12.0. The van der Waals surface area contributed by atoms with Crippen LogP contribution in [0.2, 0.25) is 0 Å². The van der Waals surface area contributed by atoms with E-state index in [1.165, 1.54) is 11.3 Å². The molecule has 0 aliphatic carbocycles. The summed E-state index contributed by atoms with van der Waals surface area (Å²) in [5.41, 5.74) is 0.720. The first-order chi connectivity index (χ1) is 11.9. The molecule has 8 heteroatoms. The molecule has 0 fully saturated rings. The number of hydrogen-bond donors (Lipinski definition) is 2. The molecule has 0 bridgehead atoms. The van der Waals surface area contributed by atoms with Gasteiger partial charge in [-0.3, -0.25) is 9.59 Å². The van der Waals surface area contributed by atoms with Crippen molar-refractivity contribution in [1.82, 2.24) is 4.72 Å². The van der Waals surface area contributed by atoms with Gasteiger partial charge in [0.15, 0.2) is 5.78 Å². The summed E-state index contributed by atoms with van der Waals surface area (Å²) in [5, 5.41) is 8.60. The summed E-state index contributed by atoms with van der Waals surface area (Å²) in [7, 11) is -3.41. The Labute approximate surface area is 150 Å². The van der Waals surface area contributed by atoms with Crippen molar-refractivity contribution >= 4 is 33.1 Å². The fourth-order valence-electron chi connectivity index (χ4n) is 2.18. The van der Waals surface area contributed by atoms with Crippen LogP contribution in [0.15, 0.2) is 42.5 Å². The van der Waals surface area contributed by atoms with E-state index in [0.29, 0.717) is 11.3 Å². The van der Waals surface area contributed by atoms with Crippen LogP contribution in [0, 0.1) is 0 Å². The Hall–Kier alpha value is -2.03. The molecule has 0 unspecified atom stereocenters. The van der Waals surface area contributed by atoms with Crippen molar-refractivity contribution in [1.29, 1.82) is 0 Å². The van der Waals surface area contributed by atoms with E-state index in [9.17, 15) is 18.0 Å². The van der Waals surface area contributed by atoms with Gasteiger partial charge in [-0.1, -0.05) is 30.3 Å². The second kappa shape index (κ2) is 8.89. The Kier molecular flexibility index (Phi) is 6.86. The van der Waals surface area contributed by atoms with Gasteiger partial charge in [0.2, 0.25) is 10.0 Å². The highest BCUT2D eigenvalue weighted by atomic mass is 32.2. The van der Waals surface area contributed by atoms with Crippen LogP contribution in [-0.2, 0) is 27.0 Å². The number of Topliss-reactive ketones (excluding diaryl/α,β-unsaturated/α-hetero) is 1. The predicted octanol–water partition coefficient (Wildman–Crippen LogP) is 2.46. The van der Waals surface area contributed by atoms with Gasteiger partial charge in [0.1, 0.15) is 0 Å². The van der Waals surface area contributed by atoms with Crippen molar-refractivity contribution in [3.63, 3.8) is 0 Å². The van der Waals surface area contributed by atoms with Crippen molar-refractivity contribution in [3.05, 3.63) is 57.8 Å². The molecule has 1 aromatic heterocycles. The molecule has 0 radical (unpaired) electrons. The van der Waals surface area contributed by atoms with Gasteiger partial charge in [0.25, 0.3) is 0 Å². The zero-order chi connectivity index (χ0) is 18.3. The van der Waals surface area contributed by atoms with Gasteiger partial charge in [-0.25, -0.2) is 13.1 Å².